The summed E-state index contributed by atoms with van der Waals surface area (Å²) in [5, 5.41) is 8.86. The summed E-state index contributed by atoms with van der Waals surface area (Å²) in [7, 11) is -3.97. The van der Waals surface area contributed by atoms with Crippen LogP contribution in [0.25, 0.3) is 0 Å². The average Bonchev–Trinajstić information content (AvgIpc) is 3.13. The standard InChI is InChI=1S/C21H22N4O5S/c1-13-6-4-7-14(2)20(13)23-19(26)12-22-21(27)16-8-5-9-17(11-16)31(28,29)25-18-10-15(3)30-24-18/h4-11H,12H2,1-3H3,(H,22,27)(H,23,26)(H,24,25). The number of hydrogen-bond donors (Lipinski definition) is 3. The summed E-state index contributed by atoms with van der Waals surface area (Å²) in [6, 6.07) is 12.5. The number of sulfonamides is 1. The molecule has 0 bridgehead atoms. The van der Waals surface area contributed by atoms with Crippen LogP contribution in [0.3, 0.4) is 0 Å². The van der Waals surface area contributed by atoms with Crippen molar-refractivity contribution >= 4 is 33.3 Å². The molecule has 2 amide bonds. The summed E-state index contributed by atoms with van der Waals surface area (Å²) in [6.07, 6.45) is 0. The van der Waals surface area contributed by atoms with Crippen LogP contribution in [0.4, 0.5) is 11.5 Å². The van der Waals surface area contributed by atoms with Crippen molar-refractivity contribution in [1.82, 2.24) is 10.5 Å². The number of aryl methyl sites for hydroxylation is 3. The van der Waals surface area contributed by atoms with E-state index in [4.69, 9.17) is 4.52 Å². The fourth-order valence-electron chi connectivity index (χ4n) is 2.87. The quantitative estimate of drug-likeness (QED) is 0.516. The lowest BCUT2D eigenvalue weighted by atomic mass is 10.1. The van der Waals surface area contributed by atoms with E-state index >= 15 is 0 Å². The van der Waals surface area contributed by atoms with E-state index in [1.165, 1.54) is 30.3 Å². The first-order valence-electron chi connectivity index (χ1n) is 9.36. The fourth-order valence-corrected chi connectivity index (χ4v) is 3.90. The highest BCUT2D eigenvalue weighted by molar-refractivity contribution is 7.92. The second kappa shape index (κ2) is 9.00. The van der Waals surface area contributed by atoms with Gasteiger partial charge in [0, 0.05) is 17.3 Å². The molecule has 0 saturated carbocycles. The SMILES string of the molecule is Cc1cc(NS(=O)(=O)c2cccc(C(=O)NCC(=O)Nc3c(C)cccc3C)c2)no1. The molecule has 0 fully saturated rings. The van der Waals surface area contributed by atoms with Crippen molar-refractivity contribution in [2.45, 2.75) is 25.7 Å². The monoisotopic (exact) mass is 442 g/mol. The zero-order chi connectivity index (χ0) is 22.6. The second-order valence-electron chi connectivity index (χ2n) is 6.95. The molecule has 9 nitrogen and oxygen atoms in total. The average molecular weight is 442 g/mol. The Hall–Kier alpha value is -3.66. The van der Waals surface area contributed by atoms with Crippen molar-refractivity contribution in [2.24, 2.45) is 0 Å². The third kappa shape index (κ3) is 5.48. The lowest BCUT2D eigenvalue weighted by Gasteiger charge is -2.12. The van der Waals surface area contributed by atoms with Crippen LogP contribution in [0.2, 0.25) is 0 Å². The van der Waals surface area contributed by atoms with E-state index in [-0.39, 0.29) is 22.8 Å². The molecular formula is C21H22N4O5S. The topological polar surface area (TPSA) is 130 Å². The van der Waals surface area contributed by atoms with Crippen molar-refractivity contribution in [1.29, 1.82) is 0 Å². The molecule has 3 rings (SSSR count). The molecule has 3 aromatic rings. The van der Waals surface area contributed by atoms with Gasteiger partial charge >= 0.3 is 0 Å². The molecule has 0 atom stereocenters. The number of hydrogen-bond acceptors (Lipinski definition) is 6. The molecular weight excluding hydrogens is 420 g/mol. The summed E-state index contributed by atoms with van der Waals surface area (Å²) < 4.78 is 32.2. The molecule has 0 radical (unpaired) electrons. The maximum Gasteiger partial charge on any atom is 0.263 e. The van der Waals surface area contributed by atoms with Gasteiger partial charge < -0.3 is 15.2 Å². The number of aromatic nitrogens is 1. The molecule has 0 aliphatic heterocycles. The first-order chi connectivity index (χ1) is 14.7. The maximum atomic E-state index is 12.5. The predicted octanol–water partition coefficient (Wildman–Crippen LogP) is 2.77. The van der Waals surface area contributed by atoms with E-state index in [1.54, 1.807) is 6.92 Å². The number of nitrogens with zero attached hydrogens (tertiary/aromatic N) is 1. The van der Waals surface area contributed by atoms with Gasteiger partial charge in [0.05, 0.1) is 11.4 Å². The van der Waals surface area contributed by atoms with Crippen LogP contribution < -0.4 is 15.4 Å². The molecule has 0 aliphatic rings. The Morgan fingerprint density at radius 3 is 2.32 bits per heavy atom. The van der Waals surface area contributed by atoms with Crippen LogP contribution in [0.5, 0.6) is 0 Å². The van der Waals surface area contributed by atoms with Crippen LogP contribution in [0.1, 0.15) is 27.2 Å². The van der Waals surface area contributed by atoms with Crippen LogP contribution in [0.15, 0.2) is 57.9 Å². The highest BCUT2D eigenvalue weighted by atomic mass is 32.2. The number of benzene rings is 2. The molecule has 0 aliphatic carbocycles. The molecule has 1 heterocycles. The number of amides is 2. The zero-order valence-electron chi connectivity index (χ0n) is 17.2. The summed E-state index contributed by atoms with van der Waals surface area (Å²) in [5.74, 6) is -0.482. The maximum absolute atomic E-state index is 12.5. The summed E-state index contributed by atoms with van der Waals surface area (Å²) >= 11 is 0. The van der Waals surface area contributed by atoms with Crippen LogP contribution in [-0.2, 0) is 14.8 Å². The highest BCUT2D eigenvalue weighted by Gasteiger charge is 2.18. The molecule has 0 spiro atoms. The Balaban J connectivity index is 1.65. The van der Waals surface area contributed by atoms with E-state index in [0.29, 0.717) is 11.4 Å². The number of rotatable bonds is 7. The summed E-state index contributed by atoms with van der Waals surface area (Å²) in [4.78, 5) is 24.6. The number of para-hydroxylation sites is 1. The Labute approximate surface area is 179 Å². The summed E-state index contributed by atoms with van der Waals surface area (Å²) in [5.41, 5.74) is 2.61. The van der Waals surface area contributed by atoms with E-state index in [1.807, 2.05) is 32.0 Å². The predicted molar refractivity (Wildman–Crippen MR) is 115 cm³/mol. The van der Waals surface area contributed by atoms with E-state index in [0.717, 1.165) is 11.1 Å². The van der Waals surface area contributed by atoms with Crippen LogP contribution in [-0.4, -0.2) is 31.9 Å². The minimum atomic E-state index is -3.97. The summed E-state index contributed by atoms with van der Waals surface area (Å²) in [6.45, 7) is 5.12. The van der Waals surface area contributed by atoms with Gasteiger partial charge in [0.25, 0.3) is 15.9 Å². The zero-order valence-corrected chi connectivity index (χ0v) is 18.0. The number of nitrogens with one attached hydrogen (secondary N) is 3. The molecule has 0 saturated heterocycles. The van der Waals surface area contributed by atoms with Crippen molar-refractivity contribution in [3.63, 3.8) is 0 Å². The third-order valence-electron chi connectivity index (χ3n) is 4.43. The van der Waals surface area contributed by atoms with Gasteiger partial charge in [-0.05, 0) is 50.1 Å². The van der Waals surface area contributed by atoms with E-state index in [9.17, 15) is 18.0 Å². The van der Waals surface area contributed by atoms with Gasteiger partial charge in [-0.2, -0.15) is 0 Å². The van der Waals surface area contributed by atoms with E-state index < -0.39 is 21.8 Å². The number of carbonyl (C=O) groups excluding carboxylic acids is 2. The van der Waals surface area contributed by atoms with Gasteiger partial charge in [-0.1, -0.05) is 29.4 Å². The van der Waals surface area contributed by atoms with Crippen molar-refractivity contribution in [2.75, 3.05) is 16.6 Å². The smallest absolute Gasteiger partial charge is 0.263 e. The van der Waals surface area contributed by atoms with Gasteiger partial charge in [0.1, 0.15) is 5.76 Å². The molecule has 2 aromatic carbocycles. The fraction of sp³-hybridized carbons (Fsp3) is 0.190. The van der Waals surface area contributed by atoms with Gasteiger partial charge in [-0.25, -0.2) is 8.42 Å². The van der Waals surface area contributed by atoms with Crippen LogP contribution in [0, 0.1) is 20.8 Å². The minimum Gasteiger partial charge on any atom is -0.360 e. The van der Waals surface area contributed by atoms with Gasteiger partial charge in [0.15, 0.2) is 5.82 Å². The largest absolute Gasteiger partial charge is 0.360 e. The first-order valence-corrected chi connectivity index (χ1v) is 10.8. The van der Waals surface area contributed by atoms with Crippen molar-refractivity contribution in [3.8, 4) is 0 Å². The van der Waals surface area contributed by atoms with Crippen molar-refractivity contribution in [3.05, 3.63) is 71.0 Å². The van der Waals surface area contributed by atoms with Gasteiger partial charge in [-0.3, -0.25) is 14.3 Å². The molecule has 31 heavy (non-hydrogen) atoms. The molecule has 162 valence electrons. The van der Waals surface area contributed by atoms with Gasteiger partial charge in [0.2, 0.25) is 5.91 Å². The molecule has 3 N–H and O–H groups in total. The lowest BCUT2D eigenvalue weighted by Crippen LogP contribution is -2.33. The molecule has 0 unspecified atom stereocenters. The normalized spacial score (nSPS) is 11.1. The molecule has 1 aromatic heterocycles. The number of anilines is 2. The minimum absolute atomic E-state index is 0.0375. The first kappa shape index (κ1) is 22.0. The number of carbonyl (C=O) groups is 2. The Kier molecular flexibility index (Phi) is 6.40. The molecule has 10 heteroatoms. The highest BCUT2D eigenvalue weighted by Crippen LogP contribution is 2.19. The van der Waals surface area contributed by atoms with Crippen molar-refractivity contribution < 1.29 is 22.5 Å². The van der Waals surface area contributed by atoms with E-state index in [2.05, 4.69) is 20.5 Å². The Bertz CT molecular complexity index is 1210. The van der Waals surface area contributed by atoms with Gasteiger partial charge in [-0.15, -0.1) is 0 Å². The third-order valence-corrected chi connectivity index (χ3v) is 5.78. The second-order valence-corrected chi connectivity index (χ2v) is 8.64. The lowest BCUT2D eigenvalue weighted by molar-refractivity contribution is -0.115. The Morgan fingerprint density at radius 2 is 1.68 bits per heavy atom. The van der Waals surface area contributed by atoms with Crippen LogP contribution >= 0.6 is 0 Å². The Morgan fingerprint density at radius 1 is 1.00 bits per heavy atom.